The first-order chi connectivity index (χ1) is 7.50. The molecule has 1 fully saturated rings. The summed E-state index contributed by atoms with van der Waals surface area (Å²) in [7, 11) is 0. The molecule has 0 aliphatic carbocycles. The van der Waals surface area contributed by atoms with Gasteiger partial charge in [-0.15, -0.1) is 0 Å². The van der Waals surface area contributed by atoms with Gasteiger partial charge in [-0.3, -0.25) is 4.79 Å². The highest BCUT2D eigenvalue weighted by Crippen LogP contribution is 2.14. The SMILES string of the molecule is C=C(Br)C[C@@H](NC(=O)[C@H]1CCCO1)C(=O)O. The molecule has 0 aromatic rings. The summed E-state index contributed by atoms with van der Waals surface area (Å²) in [5, 5.41) is 11.3. The Kier molecular flexibility index (Phi) is 4.95. The lowest BCUT2D eigenvalue weighted by Crippen LogP contribution is -2.45. The molecule has 0 aromatic carbocycles. The first-order valence-corrected chi connectivity index (χ1v) is 5.78. The zero-order chi connectivity index (χ0) is 12.1. The summed E-state index contributed by atoms with van der Waals surface area (Å²) >= 11 is 3.08. The van der Waals surface area contributed by atoms with E-state index in [1.54, 1.807) is 0 Å². The number of hydrogen-bond acceptors (Lipinski definition) is 3. The number of nitrogens with one attached hydrogen (secondary N) is 1. The summed E-state index contributed by atoms with van der Waals surface area (Å²) in [6.07, 6.45) is 1.13. The Balaban J connectivity index is 2.50. The molecular formula is C10H14BrNO4. The van der Waals surface area contributed by atoms with Crippen LogP contribution in [0.15, 0.2) is 11.1 Å². The monoisotopic (exact) mass is 291 g/mol. The van der Waals surface area contributed by atoms with Gasteiger partial charge in [0.1, 0.15) is 12.1 Å². The average Bonchev–Trinajstić information content (AvgIpc) is 2.68. The standard InChI is InChI=1S/C10H14BrNO4/c1-6(11)5-7(10(14)15)12-9(13)8-3-2-4-16-8/h7-8H,1-5H2,(H,12,13)(H,14,15)/t7-,8-/m1/s1. The number of aliphatic carboxylic acids is 1. The number of carboxylic acids is 1. The highest BCUT2D eigenvalue weighted by atomic mass is 79.9. The molecule has 0 aromatic heterocycles. The van der Waals surface area contributed by atoms with E-state index in [-0.39, 0.29) is 12.3 Å². The van der Waals surface area contributed by atoms with E-state index in [4.69, 9.17) is 9.84 Å². The van der Waals surface area contributed by atoms with Gasteiger partial charge in [0, 0.05) is 13.0 Å². The minimum absolute atomic E-state index is 0.161. The molecule has 0 radical (unpaired) electrons. The number of halogens is 1. The Morgan fingerprint density at radius 3 is 2.75 bits per heavy atom. The molecule has 0 bridgehead atoms. The summed E-state index contributed by atoms with van der Waals surface area (Å²) in [4.78, 5) is 22.5. The van der Waals surface area contributed by atoms with E-state index in [1.165, 1.54) is 0 Å². The second kappa shape index (κ2) is 6.00. The molecule has 90 valence electrons. The molecule has 1 rings (SSSR count). The summed E-state index contributed by atoms with van der Waals surface area (Å²) in [6, 6.07) is -0.955. The topological polar surface area (TPSA) is 75.6 Å². The van der Waals surface area contributed by atoms with Crippen molar-refractivity contribution >= 4 is 27.8 Å². The molecule has 2 atom stereocenters. The molecule has 2 N–H and O–H groups in total. The predicted octanol–water partition coefficient (Wildman–Crippen LogP) is 1.03. The van der Waals surface area contributed by atoms with Gasteiger partial charge in [-0.25, -0.2) is 4.79 Å². The van der Waals surface area contributed by atoms with E-state index in [2.05, 4.69) is 27.8 Å². The summed E-state index contributed by atoms with van der Waals surface area (Å²) < 4.78 is 5.70. The van der Waals surface area contributed by atoms with E-state index < -0.39 is 18.1 Å². The Hall–Kier alpha value is -0.880. The Labute approximate surface area is 102 Å². The van der Waals surface area contributed by atoms with E-state index in [9.17, 15) is 9.59 Å². The van der Waals surface area contributed by atoms with Gasteiger partial charge in [0.05, 0.1) is 0 Å². The summed E-state index contributed by atoms with van der Waals surface area (Å²) in [6.45, 7) is 4.11. The molecule has 1 heterocycles. The summed E-state index contributed by atoms with van der Waals surface area (Å²) in [5.74, 6) is -1.44. The van der Waals surface area contributed by atoms with Crippen LogP contribution in [0.3, 0.4) is 0 Å². The van der Waals surface area contributed by atoms with Crippen LogP contribution in [-0.2, 0) is 14.3 Å². The fraction of sp³-hybridized carbons (Fsp3) is 0.600. The van der Waals surface area contributed by atoms with Crippen molar-refractivity contribution in [3.8, 4) is 0 Å². The third-order valence-corrected chi connectivity index (χ3v) is 2.59. The van der Waals surface area contributed by atoms with Crippen LogP contribution in [0.1, 0.15) is 19.3 Å². The first kappa shape index (κ1) is 13.2. The first-order valence-electron chi connectivity index (χ1n) is 4.98. The number of carbonyl (C=O) groups excluding carboxylic acids is 1. The molecule has 1 aliphatic rings. The van der Waals surface area contributed by atoms with Gasteiger partial charge < -0.3 is 15.2 Å². The normalized spacial score (nSPS) is 21.4. The number of rotatable bonds is 5. The summed E-state index contributed by atoms with van der Waals surface area (Å²) in [5.41, 5.74) is 0. The lowest BCUT2D eigenvalue weighted by Gasteiger charge is -2.16. The molecular weight excluding hydrogens is 278 g/mol. The minimum Gasteiger partial charge on any atom is -0.480 e. The van der Waals surface area contributed by atoms with Gasteiger partial charge in [-0.1, -0.05) is 22.5 Å². The highest BCUT2D eigenvalue weighted by molar-refractivity contribution is 9.11. The van der Waals surface area contributed by atoms with Crippen molar-refractivity contribution < 1.29 is 19.4 Å². The third-order valence-electron chi connectivity index (χ3n) is 2.26. The average molecular weight is 292 g/mol. The zero-order valence-electron chi connectivity index (χ0n) is 8.74. The molecule has 16 heavy (non-hydrogen) atoms. The Morgan fingerprint density at radius 2 is 2.31 bits per heavy atom. The van der Waals surface area contributed by atoms with Crippen LogP contribution in [0.25, 0.3) is 0 Å². The lowest BCUT2D eigenvalue weighted by molar-refractivity contribution is -0.143. The van der Waals surface area contributed by atoms with Crippen LogP contribution in [0.2, 0.25) is 0 Å². The number of amides is 1. The lowest BCUT2D eigenvalue weighted by atomic mass is 10.1. The molecule has 6 heteroatoms. The van der Waals surface area contributed by atoms with Crippen molar-refractivity contribution in [3.63, 3.8) is 0 Å². The van der Waals surface area contributed by atoms with Crippen LogP contribution in [0, 0.1) is 0 Å². The van der Waals surface area contributed by atoms with Crippen molar-refractivity contribution in [2.24, 2.45) is 0 Å². The van der Waals surface area contributed by atoms with Gasteiger partial charge in [0.2, 0.25) is 5.91 Å². The minimum atomic E-state index is -1.08. The highest BCUT2D eigenvalue weighted by Gasteiger charge is 2.28. The Morgan fingerprint density at radius 1 is 1.62 bits per heavy atom. The van der Waals surface area contributed by atoms with E-state index >= 15 is 0 Å². The van der Waals surface area contributed by atoms with Crippen LogP contribution >= 0.6 is 15.9 Å². The van der Waals surface area contributed by atoms with Gasteiger partial charge >= 0.3 is 5.97 Å². The smallest absolute Gasteiger partial charge is 0.326 e. The van der Waals surface area contributed by atoms with Crippen molar-refractivity contribution in [2.45, 2.75) is 31.4 Å². The molecule has 0 unspecified atom stereocenters. The van der Waals surface area contributed by atoms with Gasteiger partial charge in [-0.2, -0.15) is 0 Å². The van der Waals surface area contributed by atoms with Crippen molar-refractivity contribution in [1.82, 2.24) is 5.32 Å². The van der Waals surface area contributed by atoms with Crippen molar-refractivity contribution in [1.29, 1.82) is 0 Å². The fourth-order valence-electron chi connectivity index (χ4n) is 1.47. The molecule has 1 aliphatic heterocycles. The Bertz CT molecular complexity index is 299. The second-order valence-corrected chi connectivity index (χ2v) is 4.74. The van der Waals surface area contributed by atoms with Crippen LogP contribution in [-0.4, -0.2) is 35.7 Å². The third kappa shape index (κ3) is 3.94. The van der Waals surface area contributed by atoms with Gasteiger partial charge in [-0.05, 0) is 17.3 Å². The molecule has 0 saturated carbocycles. The second-order valence-electron chi connectivity index (χ2n) is 3.62. The number of hydrogen-bond donors (Lipinski definition) is 2. The predicted molar refractivity (Wildman–Crippen MR) is 61.2 cm³/mol. The van der Waals surface area contributed by atoms with E-state index in [0.29, 0.717) is 17.5 Å². The van der Waals surface area contributed by atoms with Crippen LogP contribution < -0.4 is 5.32 Å². The van der Waals surface area contributed by atoms with Crippen LogP contribution in [0.4, 0.5) is 0 Å². The number of ether oxygens (including phenoxy) is 1. The maximum atomic E-state index is 11.6. The van der Waals surface area contributed by atoms with Crippen molar-refractivity contribution in [3.05, 3.63) is 11.1 Å². The quantitative estimate of drug-likeness (QED) is 0.793. The molecule has 1 saturated heterocycles. The molecule has 5 nitrogen and oxygen atoms in total. The number of carbonyl (C=O) groups is 2. The fourth-order valence-corrected chi connectivity index (χ4v) is 1.79. The van der Waals surface area contributed by atoms with Gasteiger partial charge in [0.25, 0.3) is 0 Å². The maximum Gasteiger partial charge on any atom is 0.326 e. The van der Waals surface area contributed by atoms with Crippen LogP contribution in [0.5, 0.6) is 0 Å². The van der Waals surface area contributed by atoms with E-state index in [1.807, 2.05) is 0 Å². The zero-order valence-corrected chi connectivity index (χ0v) is 10.3. The van der Waals surface area contributed by atoms with Gasteiger partial charge in [0.15, 0.2) is 0 Å². The molecule has 1 amide bonds. The molecule has 0 spiro atoms. The van der Waals surface area contributed by atoms with E-state index in [0.717, 1.165) is 6.42 Å². The largest absolute Gasteiger partial charge is 0.480 e. The van der Waals surface area contributed by atoms with Crippen molar-refractivity contribution in [2.75, 3.05) is 6.61 Å². The number of carboxylic acid groups (broad SMARTS) is 1. The maximum absolute atomic E-state index is 11.6.